The summed E-state index contributed by atoms with van der Waals surface area (Å²) in [4.78, 5) is 12.7. The predicted molar refractivity (Wildman–Crippen MR) is 128 cm³/mol. The summed E-state index contributed by atoms with van der Waals surface area (Å²) in [6.07, 6.45) is -4.82. The fourth-order valence-electron chi connectivity index (χ4n) is 4.19. The quantitative estimate of drug-likeness (QED) is 0.420. The van der Waals surface area contributed by atoms with Gasteiger partial charge < -0.3 is 5.32 Å². The molecule has 0 saturated carbocycles. The summed E-state index contributed by atoms with van der Waals surface area (Å²) >= 11 is 6.11. The van der Waals surface area contributed by atoms with E-state index in [9.17, 15) is 30.8 Å². The second-order valence-electron chi connectivity index (χ2n) is 8.45. The molecule has 0 aliphatic carbocycles. The van der Waals surface area contributed by atoms with Crippen LogP contribution in [0.4, 0.5) is 23.2 Å². The third kappa shape index (κ3) is 5.25. The predicted octanol–water partition coefficient (Wildman–Crippen LogP) is 5.73. The van der Waals surface area contributed by atoms with E-state index in [-0.39, 0.29) is 35.0 Å². The number of hydrogen-bond acceptors (Lipinski definition) is 3. The molecule has 1 N–H and O–H groups in total. The van der Waals surface area contributed by atoms with E-state index in [1.54, 1.807) is 31.2 Å². The molecule has 0 saturated heterocycles. The number of anilines is 1. The Kier molecular flexibility index (Phi) is 7.14. The van der Waals surface area contributed by atoms with Gasteiger partial charge >= 0.3 is 6.18 Å². The molecule has 11 heteroatoms. The number of sulfonamides is 1. The van der Waals surface area contributed by atoms with E-state index >= 15 is 0 Å². The highest BCUT2D eigenvalue weighted by Gasteiger charge is 2.34. The van der Waals surface area contributed by atoms with Gasteiger partial charge in [0, 0.05) is 18.8 Å². The molecule has 0 spiro atoms. The number of nitrogens with one attached hydrogen (secondary N) is 1. The third-order valence-electron chi connectivity index (χ3n) is 6.00. The topological polar surface area (TPSA) is 66.5 Å². The number of carbonyl (C=O) groups excluding carboxylic acids is 1. The van der Waals surface area contributed by atoms with E-state index in [0.29, 0.717) is 29.8 Å². The SMILES string of the molecule is Cc1ccc2c(c1NC(=O)Cc1ccc(C(F)(F)F)c(F)c1)CCN(S(=O)(=O)c1ccccc1Cl)C2. The number of hydrogen-bond donors (Lipinski definition) is 1. The van der Waals surface area contributed by atoms with E-state index in [2.05, 4.69) is 5.32 Å². The van der Waals surface area contributed by atoms with Gasteiger partial charge in [-0.05, 0) is 59.9 Å². The van der Waals surface area contributed by atoms with E-state index in [1.165, 1.54) is 16.4 Å². The summed E-state index contributed by atoms with van der Waals surface area (Å²) < 4.78 is 79.8. The van der Waals surface area contributed by atoms with Crippen LogP contribution in [0.5, 0.6) is 0 Å². The van der Waals surface area contributed by atoms with Gasteiger partial charge in [0.1, 0.15) is 10.7 Å². The van der Waals surface area contributed by atoms with Gasteiger partial charge in [0.25, 0.3) is 0 Å². The highest BCUT2D eigenvalue weighted by atomic mass is 35.5. The third-order valence-corrected chi connectivity index (χ3v) is 8.34. The molecule has 1 aliphatic rings. The minimum atomic E-state index is -4.82. The summed E-state index contributed by atoms with van der Waals surface area (Å²) in [5.74, 6) is -1.97. The van der Waals surface area contributed by atoms with Crippen molar-refractivity contribution in [2.24, 2.45) is 0 Å². The normalized spacial score (nSPS) is 14.4. The zero-order valence-electron chi connectivity index (χ0n) is 19.0. The zero-order valence-corrected chi connectivity index (χ0v) is 20.6. The Morgan fingerprint density at radius 1 is 1.11 bits per heavy atom. The molecule has 1 amide bonds. The van der Waals surface area contributed by atoms with Crippen LogP contribution in [0.2, 0.25) is 5.02 Å². The van der Waals surface area contributed by atoms with E-state index in [4.69, 9.17) is 11.6 Å². The first-order valence-electron chi connectivity index (χ1n) is 10.9. The Balaban J connectivity index is 1.54. The number of fused-ring (bicyclic) bond motifs is 1. The molecule has 190 valence electrons. The lowest BCUT2D eigenvalue weighted by Gasteiger charge is -2.30. The summed E-state index contributed by atoms with van der Waals surface area (Å²) in [5.41, 5.74) is 1.43. The smallest absolute Gasteiger partial charge is 0.325 e. The number of carbonyl (C=O) groups is 1. The van der Waals surface area contributed by atoms with Gasteiger partial charge in [-0.3, -0.25) is 4.79 Å². The minimum Gasteiger partial charge on any atom is -0.325 e. The largest absolute Gasteiger partial charge is 0.419 e. The van der Waals surface area contributed by atoms with E-state index in [1.807, 2.05) is 0 Å². The molecule has 36 heavy (non-hydrogen) atoms. The fourth-order valence-corrected chi connectivity index (χ4v) is 6.10. The maximum absolute atomic E-state index is 13.9. The van der Waals surface area contributed by atoms with Crippen molar-refractivity contribution >= 4 is 33.2 Å². The van der Waals surface area contributed by atoms with Gasteiger partial charge in [-0.1, -0.05) is 41.9 Å². The van der Waals surface area contributed by atoms with Crippen molar-refractivity contribution in [2.75, 3.05) is 11.9 Å². The average Bonchev–Trinajstić information content (AvgIpc) is 2.80. The van der Waals surface area contributed by atoms with Gasteiger partial charge in [-0.25, -0.2) is 12.8 Å². The standard InChI is InChI=1S/C25H21ClF4N2O3S/c1-15-6-8-17-14-32(36(34,35)22-5-3-2-4-20(22)26)11-10-18(17)24(15)31-23(33)13-16-7-9-19(21(27)12-16)25(28,29)30/h2-9,12H,10-11,13-14H2,1H3,(H,31,33). The lowest BCUT2D eigenvalue weighted by atomic mass is 9.95. The molecule has 4 rings (SSSR count). The minimum absolute atomic E-state index is 0.0135. The van der Waals surface area contributed by atoms with Gasteiger partial charge in [-0.15, -0.1) is 0 Å². The van der Waals surface area contributed by atoms with Crippen LogP contribution in [0.3, 0.4) is 0 Å². The highest BCUT2D eigenvalue weighted by Crippen LogP contribution is 2.34. The second-order valence-corrected chi connectivity index (χ2v) is 10.8. The highest BCUT2D eigenvalue weighted by molar-refractivity contribution is 7.89. The zero-order chi connectivity index (χ0) is 26.3. The number of amides is 1. The van der Waals surface area contributed by atoms with E-state index < -0.39 is 33.5 Å². The number of nitrogens with zero attached hydrogens (tertiary/aromatic N) is 1. The summed E-state index contributed by atoms with van der Waals surface area (Å²) in [7, 11) is -3.84. The maximum Gasteiger partial charge on any atom is 0.419 e. The Morgan fingerprint density at radius 2 is 1.83 bits per heavy atom. The van der Waals surface area contributed by atoms with Crippen molar-refractivity contribution in [1.29, 1.82) is 0 Å². The van der Waals surface area contributed by atoms with Crippen molar-refractivity contribution in [3.8, 4) is 0 Å². The summed E-state index contributed by atoms with van der Waals surface area (Å²) in [6, 6.07) is 12.1. The van der Waals surface area contributed by atoms with Crippen LogP contribution in [-0.2, 0) is 40.4 Å². The second kappa shape index (κ2) is 9.84. The molecule has 0 bridgehead atoms. The van der Waals surface area contributed by atoms with Crippen molar-refractivity contribution in [3.05, 3.63) is 93.3 Å². The number of halogens is 5. The molecular formula is C25H21ClF4N2O3S. The molecular weight excluding hydrogens is 520 g/mol. The van der Waals surface area contributed by atoms with Gasteiger partial charge in [0.05, 0.1) is 17.0 Å². The van der Waals surface area contributed by atoms with Crippen molar-refractivity contribution in [2.45, 2.75) is 37.4 Å². The molecule has 0 radical (unpaired) electrons. The van der Waals surface area contributed by atoms with Crippen molar-refractivity contribution in [1.82, 2.24) is 4.31 Å². The lowest BCUT2D eigenvalue weighted by Crippen LogP contribution is -2.36. The fraction of sp³-hybridized carbons (Fsp3) is 0.240. The summed E-state index contributed by atoms with van der Waals surface area (Å²) in [6.45, 7) is 2.02. The molecule has 0 fully saturated rings. The molecule has 0 atom stereocenters. The van der Waals surface area contributed by atoms with Crippen LogP contribution in [0.25, 0.3) is 0 Å². The molecule has 3 aromatic rings. The van der Waals surface area contributed by atoms with Crippen LogP contribution in [0, 0.1) is 12.7 Å². The molecule has 5 nitrogen and oxygen atoms in total. The molecule has 0 aromatic heterocycles. The summed E-state index contributed by atoms with van der Waals surface area (Å²) in [5, 5.41) is 2.90. The molecule has 3 aromatic carbocycles. The van der Waals surface area contributed by atoms with E-state index in [0.717, 1.165) is 17.2 Å². The number of benzene rings is 3. The maximum atomic E-state index is 13.9. The van der Waals surface area contributed by atoms with Gasteiger partial charge in [-0.2, -0.15) is 17.5 Å². The lowest BCUT2D eigenvalue weighted by molar-refractivity contribution is -0.140. The van der Waals surface area contributed by atoms with Crippen LogP contribution >= 0.6 is 11.6 Å². The molecule has 1 aliphatic heterocycles. The molecule has 0 unspecified atom stereocenters. The monoisotopic (exact) mass is 540 g/mol. The number of alkyl halides is 3. The van der Waals surface area contributed by atoms with Gasteiger partial charge in [0.15, 0.2) is 0 Å². The Hall–Kier alpha value is -2.95. The van der Waals surface area contributed by atoms with Crippen molar-refractivity contribution < 1.29 is 30.8 Å². The average molecular weight is 541 g/mol. The number of aryl methyl sites for hydroxylation is 1. The van der Waals surface area contributed by atoms with Crippen molar-refractivity contribution in [3.63, 3.8) is 0 Å². The Labute approximate surface area is 210 Å². The van der Waals surface area contributed by atoms with Crippen LogP contribution in [0.15, 0.2) is 59.5 Å². The first-order valence-corrected chi connectivity index (χ1v) is 12.7. The first-order chi connectivity index (χ1) is 16.9. The first kappa shape index (κ1) is 26.1. The van der Waals surface area contributed by atoms with Crippen LogP contribution in [-0.4, -0.2) is 25.2 Å². The molecule has 1 heterocycles. The van der Waals surface area contributed by atoms with Crippen LogP contribution in [0.1, 0.15) is 27.8 Å². The Morgan fingerprint density at radius 3 is 2.50 bits per heavy atom. The van der Waals surface area contributed by atoms with Crippen LogP contribution < -0.4 is 5.32 Å². The Bertz CT molecular complexity index is 1440. The van der Waals surface area contributed by atoms with Gasteiger partial charge in [0.2, 0.25) is 15.9 Å². The number of rotatable bonds is 5.